The molecule has 0 aliphatic carbocycles. The maximum absolute atomic E-state index is 12.0. The van der Waals surface area contributed by atoms with E-state index in [0.29, 0.717) is 18.6 Å². The molecule has 4 nitrogen and oxygen atoms in total. The first kappa shape index (κ1) is 14.4. The number of benzene rings is 2. The maximum Gasteiger partial charge on any atom is 0.309 e. The van der Waals surface area contributed by atoms with Crippen LogP contribution in [0.3, 0.4) is 0 Å². The highest BCUT2D eigenvalue weighted by molar-refractivity contribution is 5.75. The standard InChI is InChI=1S/C18H18O4/c19-15-7-6-13(17(20)10-15)9-16-14(11-22-18(16)21)8-12-4-2-1-3-5-12/h1-7,10,14,16,19-20H,8-9,11H2/t14-,16+/m0/s1. The van der Waals surface area contributed by atoms with Crippen molar-refractivity contribution in [3.63, 3.8) is 0 Å². The van der Waals surface area contributed by atoms with Gasteiger partial charge in [0.25, 0.3) is 0 Å². The molecule has 2 aromatic carbocycles. The van der Waals surface area contributed by atoms with Crippen molar-refractivity contribution in [2.75, 3.05) is 6.61 Å². The second-order valence-corrected chi connectivity index (χ2v) is 5.70. The molecule has 0 spiro atoms. The summed E-state index contributed by atoms with van der Waals surface area (Å²) in [5.41, 5.74) is 1.82. The van der Waals surface area contributed by atoms with Crippen molar-refractivity contribution in [2.24, 2.45) is 11.8 Å². The first-order valence-electron chi connectivity index (χ1n) is 7.35. The molecular weight excluding hydrogens is 280 g/mol. The van der Waals surface area contributed by atoms with E-state index < -0.39 is 0 Å². The van der Waals surface area contributed by atoms with Gasteiger partial charge in [-0.05, 0) is 30.0 Å². The van der Waals surface area contributed by atoms with Crippen LogP contribution in [-0.2, 0) is 22.4 Å². The van der Waals surface area contributed by atoms with Crippen LogP contribution in [0.4, 0.5) is 0 Å². The lowest BCUT2D eigenvalue weighted by Crippen LogP contribution is -2.20. The fourth-order valence-corrected chi connectivity index (χ4v) is 2.93. The molecule has 3 rings (SSSR count). The Bertz CT molecular complexity index is 666. The predicted molar refractivity (Wildman–Crippen MR) is 81.6 cm³/mol. The third kappa shape index (κ3) is 3.06. The molecule has 114 valence electrons. The molecule has 0 radical (unpaired) electrons. The van der Waals surface area contributed by atoms with Crippen LogP contribution < -0.4 is 0 Å². The van der Waals surface area contributed by atoms with Gasteiger partial charge in [0.05, 0.1) is 12.5 Å². The predicted octanol–water partition coefficient (Wildman–Crippen LogP) is 2.67. The topological polar surface area (TPSA) is 66.8 Å². The van der Waals surface area contributed by atoms with Gasteiger partial charge in [0.1, 0.15) is 11.5 Å². The van der Waals surface area contributed by atoms with Gasteiger partial charge in [0.15, 0.2) is 0 Å². The molecule has 2 atom stereocenters. The number of hydrogen-bond donors (Lipinski definition) is 2. The van der Waals surface area contributed by atoms with Gasteiger partial charge in [-0.1, -0.05) is 36.4 Å². The Morgan fingerprint density at radius 1 is 1.05 bits per heavy atom. The first-order chi connectivity index (χ1) is 10.6. The number of phenols is 2. The van der Waals surface area contributed by atoms with Crippen molar-refractivity contribution < 1.29 is 19.7 Å². The van der Waals surface area contributed by atoms with E-state index in [1.165, 1.54) is 17.7 Å². The third-order valence-corrected chi connectivity index (χ3v) is 4.16. The molecule has 0 aromatic heterocycles. The van der Waals surface area contributed by atoms with Crippen LogP contribution in [0.5, 0.6) is 11.5 Å². The minimum absolute atomic E-state index is 0.0103. The molecule has 22 heavy (non-hydrogen) atoms. The lowest BCUT2D eigenvalue weighted by molar-refractivity contribution is -0.141. The number of rotatable bonds is 4. The summed E-state index contributed by atoms with van der Waals surface area (Å²) in [5, 5.41) is 19.2. The Hall–Kier alpha value is -2.49. The molecule has 1 fully saturated rings. The highest BCUT2D eigenvalue weighted by Crippen LogP contribution is 2.32. The second-order valence-electron chi connectivity index (χ2n) is 5.70. The van der Waals surface area contributed by atoms with Crippen LogP contribution in [0.15, 0.2) is 48.5 Å². The van der Waals surface area contributed by atoms with E-state index in [9.17, 15) is 15.0 Å². The van der Waals surface area contributed by atoms with Crippen molar-refractivity contribution in [1.82, 2.24) is 0 Å². The monoisotopic (exact) mass is 298 g/mol. The summed E-state index contributed by atoms with van der Waals surface area (Å²) in [4.78, 5) is 12.0. The van der Waals surface area contributed by atoms with Crippen molar-refractivity contribution in [1.29, 1.82) is 0 Å². The van der Waals surface area contributed by atoms with Crippen LogP contribution in [0.2, 0.25) is 0 Å². The van der Waals surface area contributed by atoms with E-state index in [-0.39, 0.29) is 29.3 Å². The largest absolute Gasteiger partial charge is 0.508 e. The Morgan fingerprint density at radius 3 is 2.55 bits per heavy atom. The fraction of sp³-hybridized carbons (Fsp3) is 0.278. The summed E-state index contributed by atoms with van der Waals surface area (Å²) < 4.78 is 5.22. The molecule has 2 aromatic rings. The Balaban J connectivity index is 1.76. The molecule has 0 bridgehead atoms. The van der Waals surface area contributed by atoms with Gasteiger partial charge in [0.2, 0.25) is 0 Å². The van der Waals surface area contributed by atoms with E-state index in [1.807, 2.05) is 30.3 Å². The summed E-state index contributed by atoms with van der Waals surface area (Å²) in [5.74, 6) is -0.360. The van der Waals surface area contributed by atoms with Gasteiger partial charge < -0.3 is 14.9 Å². The minimum atomic E-state index is -0.268. The first-order valence-corrected chi connectivity index (χ1v) is 7.35. The van der Waals surface area contributed by atoms with Crippen LogP contribution in [0.1, 0.15) is 11.1 Å². The average molecular weight is 298 g/mol. The van der Waals surface area contributed by atoms with Gasteiger partial charge in [-0.2, -0.15) is 0 Å². The molecule has 1 aliphatic rings. The Labute approximate surface area is 129 Å². The molecule has 0 amide bonds. The maximum atomic E-state index is 12.0. The lowest BCUT2D eigenvalue weighted by Gasteiger charge is -2.16. The summed E-state index contributed by atoms with van der Waals surface area (Å²) >= 11 is 0. The van der Waals surface area contributed by atoms with Gasteiger partial charge in [-0.3, -0.25) is 4.79 Å². The summed E-state index contributed by atoms with van der Waals surface area (Å²) in [7, 11) is 0. The van der Waals surface area contributed by atoms with Crippen molar-refractivity contribution in [3.05, 3.63) is 59.7 Å². The number of esters is 1. The fourth-order valence-electron chi connectivity index (χ4n) is 2.93. The average Bonchev–Trinajstić information content (AvgIpc) is 2.84. The van der Waals surface area contributed by atoms with Crippen molar-refractivity contribution in [3.8, 4) is 11.5 Å². The van der Waals surface area contributed by atoms with E-state index >= 15 is 0 Å². The smallest absolute Gasteiger partial charge is 0.309 e. The van der Waals surface area contributed by atoms with Crippen LogP contribution in [-0.4, -0.2) is 22.8 Å². The number of carbonyl (C=O) groups is 1. The molecule has 1 saturated heterocycles. The highest BCUT2D eigenvalue weighted by Gasteiger charge is 2.37. The lowest BCUT2D eigenvalue weighted by atomic mass is 9.85. The van der Waals surface area contributed by atoms with Gasteiger partial charge in [0, 0.05) is 12.0 Å². The summed E-state index contributed by atoms with van der Waals surface area (Å²) in [6.45, 7) is 0.414. The number of carbonyl (C=O) groups excluding carboxylic acids is 1. The van der Waals surface area contributed by atoms with Crippen LogP contribution in [0.25, 0.3) is 0 Å². The third-order valence-electron chi connectivity index (χ3n) is 4.16. The number of phenolic OH excluding ortho intramolecular Hbond substituents is 2. The quantitative estimate of drug-likeness (QED) is 0.852. The number of cyclic esters (lactones) is 1. The van der Waals surface area contributed by atoms with Crippen molar-refractivity contribution >= 4 is 5.97 Å². The number of hydrogen-bond acceptors (Lipinski definition) is 4. The zero-order valence-electron chi connectivity index (χ0n) is 12.1. The van der Waals surface area contributed by atoms with E-state index in [4.69, 9.17) is 4.74 Å². The van der Waals surface area contributed by atoms with E-state index in [0.717, 1.165) is 6.42 Å². The minimum Gasteiger partial charge on any atom is -0.508 e. The molecular formula is C18H18O4. The summed E-state index contributed by atoms with van der Waals surface area (Å²) in [6.07, 6.45) is 1.19. The zero-order chi connectivity index (χ0) is 15.5. The molecule has 0 unspecified atom stereocenters. The molecule has 1 heterocycles. The molecule has 4 heteroatoms. The van der Waals surface area contributed by atoms with Gasteiger partial charge in [-0.15, -0.1) is 0 Å². The molecule has 1 aliphatic heterocycles. The van der Waals surface area contributed by atoms with E-state index in [2.05, 4.69) is 0 Å². The van der Waals surface area contributed by atoms with Crippen LogP contribution >= 0.6 is 0 Å². The normalized spacial score (nSPS) is 20.8. The van der Waals surface area contributed by atoms with E-state index in [1.54, 1.807) is 6.07 Å². The number of ether oxygens (including phenoxy) is 1. The Morgan fingerprint density at radius 2 is 1.82 bits per heavy atom. The molecule has 2 N–H and O–H groups in total. The highest BCUT2D eigenvalue weighted by atomic mass is 16.5. The second kappa shape index (κ2) is 6.10. The number of aromatic hydroxyl groups is 2. The Kier molecular flexibility index (Phi) is 4.00. The summed E-state index contributed by atoms with van der Waals surface area (Å²) in [6, 6.07) is 14.5. The van der Waals surface area contributed by atoms with Crippen molar-refractivity contribution in [2.45, 2.75) is 12.8 Å². The van der Waals surface area contributed by atoms with Gasteiger partial charge in [-0.25, -0.2) is 0 Å². The zero-order valence-corrected chi connectivity index (χ0v) is 12.1. The SMILES string of the molecule is O=C1OC[C@H](Cc2ccccc2)[C@H]1Cc1ccc(O)cc1O. The van der Waals surface area contributed by atoms with Crippen LogP contribution in [0, 0.1) is 11.8 Å². The van der Waals surface area contributed by atoms with Gasteiger partial charge >= 0.3 is 5.97 Å². The molecule has 0 saturated carbocycles.